The topological polar surface area (TPSA) is 67.0 Å². The van der Waals surface area contributed by atoms with E-state index in [0.29, 0.717) is 27.4 Å². The fourth-order valence-electron chi connectivity index (χ4n) is 4.09. The van der Waals surface area contributed by atoms with Crippen LogP contribution in [0.1, 0.15) is 18.5 Å². The largest absolute Gasteiger partial charge is 0.365 e. The van der Waals surface area contributed by atoms with Crippen LogP contribution in [0, 0.1) is 5.82 Å². The van der Waals surface area contributed by atoms with Crippen LogP contribution in [0.4, 0.5) is 10.1 Å². The predicted molar refractivity (Wildman–Crippen MR) is 109 cm³/mol. The van der Waals surface area contributed by atoms with Gasteiger partial charge in [-0.3, -0.25) is 9.89 Å². The zero-order valence-corrected chi connectivity index (χ0v) is 16.0. The molecule has 5 rings (SSSR count). The molecule has 0 spiro atoms. The van der Waals surface area contributed by atoms with E-state index in [1.807, 2.05) is 6.07 Å². The van der Waals surface area contributed by atoms with Gasteiger partial charge in [0.2, 0.25) is 0 Å². The molecule has 2 unspecified atom stereocenters. The second kappa shape index (κ2) is 7.13. The minimum absolute atomic E-state index is 0.0896. The molecule has 0 saturated carbocycles. The van der Waals surface area contributed by atoms with E-state index in [-0.39, 0.29) is 23.9 Å². The summed E-state index contributed by atoms with van der Waals surface area (Å²) < 4.78 is 20.0. The summed E-state index contributed by atoms with van der Waals surface area (Å²) >= 11 is 6.38. The molecule has 2 atom stereocenters. The Bertz CT molecular complexity index is 1130. The van der Waals surface area contributed by atoms with Crippen LogP contribution in [-0.2, 0) is 9.53 Å². The average Bonchev–Trinajstić information content (AvgIpc) is 3.46. The highest BCUT2D eigenvalue weighted by atomic mass is 35.5. The number of amides is 1. The molecular formula is C22H17ClFN3O2. The second-order valence-electron chi connectivity index (χ2n) is 7.12. The van der Waals surface area contributed by atoms with Crippen molar-refractivity contribution in [2.45, 2.75) is 25.0 Å². The van der Waals surface area contributed by atoms with Crippen molar-refractivity contribution >= 4 is 28.8 Å². The number of halogens is 2. The maximum Gasteiger partial charge on any atom is 0.254 e. The Morgan fingerprint density at radius 1 is 1.14 bits per heavy atom. The van der Waals surface area contributed by atoms with E-state index in [2.05, 4.69) is 15.5 Å². The smallest absolute Gasteiger partial charge is 0.254 e. The number of anilines is 1. The number of ether oxygens (including phenoxy) is 1. The predicted octanol–water partition coefficient (Wildman–Crippen LogP) is 4.82. The van der Waals surface area contributed by atoms with Crippen LogP contribution in [0.15, 0.2) is 60.3 Å². The number of fused-ring (bicyclic) bond motifs is 2. The fraction of sp³-hybridized carbons (Fsp3) is 0.182. The number of carbonyl (C=O) groups excluding carboxylic acids is 1. The number of nitrogens with one attached hydrogen (secondary N) is 2. The highest BCUT2D eigenvalue weighted by Crippen LogP contribution is 2.44. The molecule has 7 heteroatoms. The maximum absolute atomic E-state index is 14.1. The lowest BCUT2D eigenvalue weighted by Crippen LogP contribution is -2.23. The maximum atomic E-state index is 14.1. The van der Waals surface area contributed by atoms with Crippen molar-refractivity contribution < 1.29 is 13.9 Å². The highest BCUT2D eigenvalue weighted by molar-refractivity contribution is 6.33. The standard InChI is InChI=1S/C22H17ClFN3O2/c23-15-11-12(5-6-13(15)14-3-1-2-4-16(14)24)26-22(28)21-19-8-7-18(29-19)20(21)17-9-10-25-27-17/h1-6,9-11,18-19H,7-8H2,(H,25,27)(H,26,28). The Kier molecular flexibility index (Phi) is 4.45. The molecule has 1 amide bonds. The molecular weight excluding hydrogens is 393 g/mol. The summed E-state index contributed by atoms with van der Waals surface area (Å²) in [6, 6.07) is 13.3. The number of hydrogen-bond acceptors (Lipinski definition) is 3. The molecule has 146 valence electrons. The number of aromatic nitrogens is 2. The van der Waals surface area contributed by atoms with Crippen molar-refractivity contribution in [2.24, 2.45) is 0 Å². The Morgan fingerprint density at radius 2 is 1.97 bits per heavy atom. The van der Waals surface area contributed by atoms with E-state index < -0.39 is 0 Å². The van der Waals surface area contributed by atoms with E-state index in [9.17, 15) is 9.18 Å². The number of nitrogens with zero attached hydrogens (tertiary/aromatic N) is 1. The van der Waals surface area contributed by atoms with Gasteiger partial charge in [-0.05, 0) is 37.1 Å². The van der Waals surface area contributed by atoms with Gasteiger partial charge in [0.25, 0.3) is 5.91 Å². The van der Waals surface area contributed by atoms with Crippen molar-refractivity contribution in [3.8, 4) is 11.1 Å². The zero-order valence-electron chi connectivity index (χ0n) is 15.3. The Hall–Kier alpha value is -2.96. The van der Waals surface area contributed by atoms with Gasteiger partial charge in [-0.15, -0.1) is 0 Å². The monoisotopic (exact) mass is 409 g/mol. The van der Waals surface area contributed by atoms with E-state index in [1.54, 1.807) is 42.6 Å². The van der Waals surface area contributed by atoms with Crippen molar-refractivity contribution in [3.05, 3.63) is 76.8 Å². The Balaban J connectivity index is 1.44. The van der Waals surface area contributed by atoms with Crippen LogP contribution in [-0.4, -0.2) is 28.3 Å². The second-order valence-corrected chi connectivity index (χ2v) is 7.52. The van der Waals surface area contributed by atoms with Gasteiger partial charge in [0.1, 0.15) is 5.82 Å². The first-order valence-electron chi connectivity index (χ1n) is 9.37. The first-order valence-corrected chi connectivity index (χ1v) is 9.74. The van der Waals surface area contributed by atoms with Crippen molar-refractivity contribution in [2.75, 3.05) is 5.32 Å². The van der Waals surface area contributed by atoms with Crippen molar-refractivity contribution in [1.29, 1.82) is 0 Å². The SMILES string of the molecule is O=C(Nc1ccc(-c2ccccc2F)c(Cl)c1)C1=C(c2ccn[nH]2)C2CCC1O2. The van der Waals surface area contributed by atoms with Crippen molar-refractivity contribution in [3.63, 3.8) is 0 Å². The zero-order chi connectivity index (χ0) is 20.0. The van der Waals surface area contributed by atoms with Crippen LogP contribution in [0.2, 0.25) is 5.02 Å². The highest BCUT2D eigenvalue weighted by Gasteiger charge is 2.44. The minimum Gasteiger partial charge on any atom is -0.365 e. The quantitative estimate of drug-likeness (QED) is 0.649. The van der Waals surface area contributed by atoms with E-state index in [1.165, 1.54) is 6.07 Å². The number of hydrogen-bond donors (Lipinski definition) is 2. The molecule has 2 aromatic carbocycles. The van der Waals surface area contributed by atoms with Crippen LogP contribution < -0.4 is 5.32 Å². The molecule has 2 aliphatic rings. The molecule has 2 bridgehead atoms. The first-order chi connectivity index (χ1) is 14.1. The molecule has 1 fully saturated rings. The number of rotatable bonds is 4. The summed E-state index contributed by atoms with van der Waals surface area (Å²) in [7, 11) is 0. The number of aromatic amines is 1. The third-order valence-electron chi connectivity index (χ3n) is 5.38. The molecule has 1 aromatic heterocycles. The molecule has 29 heavy (non-hydrogen) atoms. The third kappa shape index (κ3) is 3.14. The molecule has 3 heterocycles. The number of carbonyl (C=O) groups is 1. The molecule has 0 radical (unpaired) electrons. The summed E-state index contributed by atoms with van der Waals surface area (Å²) in [6.45, 7) is 0. The average molecular weight is 410 g/mol. The molecule has 5 nitrogen and oxygen atoms in total. The van der Waals surface area contributed by atoms with E-state index >= 15 is 0 Å². The van der Waals surface area contributed by atoms with Gasteiger partial charge < -0.3 is 10.1 Å². The first kappa shape index (κ1) is 18.1. The van der Waals surface area contributed by atoms with Gasteiger partial charge in [-0.2, -0.15) is 5.10 Å². The molecule has 2 aliphatic heterocycles. The van der Waals surface area contributed by atoms with Gasteiger partial charge in [-0.25, -0.2) is 4.39 Å². The van der Waals surface area contributed by atoms with Crippen LogP contribution in [0.3, 0.4) is 0 Å². The van der Waals surface area contributed by atoms with Gasteiger partial charge >= 0.3 is 0 Å². The Labute approximate surface area is 171 Å². The molecule has 3 aromatic rings. The molecule has 1 saturated heterocycles. The van der Waals surface area contributed by atoms with Crippen LogP contribution >= 0.6 is 11.6 Å². The Morgan fingerprint density at radius 3 is 2.72 bits per heavy atom. The lowest BCUT2D eigenvalue weighted by Gasteiger charge is -2.16. The normalized spacial score (nSPS) is 20.3. The number of H-pyrrole nitrogens is 1. The summed E-state index contributed by atoms with van der Waals surface area (Å²) in [6.07, 6.45) is 3.06. The van der Waals surface area contributed by atoms with Crippen LogP contribution in [0.25, 0.3) is 16.7 Å². The van der Waals surface area contributed by atoms with Crippen molar-refractivity contribution in [1.82, 2.24) is 10.2 Å². The van der Waals surface area contributed by atoms with Gasteiger partial charge in [0.05, 0.1) is 28.5 Å². The van der Waals surface area contributed by atoms with Gasteiger partial charge in [0, 0.05) is 28.6 Å². The molecule has 0 aliphatic carbocycles. The minimum atomic E-state index is -0.348. The number of benzene rings is 2. The van der Waals surface area contributed by atoms with Crippen LogP contribution in [0.5, 0.6) is 0 Å². The summed E-state index contributed by atoms with van der Waals surface area (Å²) in [5.74, 6) is -0.573. The van der Waals surface area contributed by atoms with E-state index in [0.717, 1.165) is 24.1 Å². The lowest BCUT2D eigenvalue weighted by atomic mass is 9.89. The summed E-state index contributed by atoms with van der Waals surface area (Å²) in [5, 5.41) is 10.2. The summed E-state index contributed by atoms with van der Waals surface area (Å²) in [4.78, 5) is 13.0. The molecule has 2 N–H and O–H groups in total. The van der Waals surface area contributed by atoms with Gasteiger partial charge in [0.15, 0.2) is 0 Å². The lowest BCUT2D eigenvalue weighted by molar-refractivity contribution is -0.113. The fourth-order valence-corrected chi connectivity index (χ4v) is 4.37. The third-order valence-corrected chi connectivity index (χ3v) is 5.69. The summed E-state index contributed by atoms with van der Waals surface area (Å²) in [5.41, 5.74) is 3.82. The van der Waals surface area contributed by atoms with E-state index in [4.69, 9.17) is 16.3 Å². The van der Waals surface area contributed by atoms with Gasteiger partial charge in [-0.1, -0.05) is 35.9 Å².